The van der Waals surface area contributed by atoms with Crippen LogP contribution in [0.3, 0.4) is 0 Å². The number of carbonyl (C=O) groups is 2. The molecule has 1 saturated heterocycles. The second kappa shape index (κ2) is 6.90. The van der Waals surface area contributed by atoms with E-state index >= 15 is 0 Å². The Morgan fingerprint density at radius 1 is 1.19 bits per heavy atom. The molecule has 3 heterocycles. The monoisotopic (exact) mass is 372 g/mol. The second-order valence-corrected chi connectivity index (χ2v) is 6.61. The number of ether oxygens (including phenoxy) is 2. The molecule has 0 spiro atoms. The minimum Gasteiger partial charge on any atom is -0.486 e. The lowest BCUT2D eigenvalue weighted by molar-refractivity contribution is -0.143. The number of likely N-dealkylation sites (tertiary alicyclic amines) is 1. The van der Waals surface area contributed by atoms with Gasteiger partial charge in [-0.25, -0.2) is 9.48 Å². The lowest BCUT2D eigenvalue weighted by Gasteiger charge is -2.32. The molecule has 27 heavy (non-hydrogen) atoms. The minimum absolute atomic E-state index is 0.165. The third kappa shape index (κ3) is 3.09. The Hall–Kier alpha value is -3.10. The van der Waals surface area contributed by atoms with Gasteiger partial charge in [0.25, 0.3) is 5.91 Å². The van der Waals surface area contributed by atoms with Crippen molar-refractivity contribution in [2.45, 2.75) is 32.2 Å². The quantitative estimate of drug-likeness (QED) is 0.868. The number of aliphatic carboxylic acids is 1. The van der Waals surface area contributed by atoms with Crippen LogP contribution < -0.4 is 9.47 Å². The number of carboxylic acids is 1. The topological polar surface area (TPSA) is 107 Å². The van der Waals surface area contributed by atoms with Crippen molar-refractivity contribution < 1.29 is 24.2 Å². The molecule has 2 aromatic rings. The van der Waals surface area contributed by atoms with E-state index in [-0.39, 0.29) is 5.69 Å². The summed E-state index contributed by atoms with van der Waals surface area (Å²) in [5.74, 6) is -0.108. The fourth-order valence-electron chi connectivity index (χ4n) is 3.50. The van der Waals surface area contributed by atoms with E-state index in [0.29, 0.717) is 49.1 Å². The number of nitrogens with zero attached hydrogens (tertiary/aromatic N) is 4. The fraction of sp³-hybridized carbons (Fsp3) is 0.444. The first kappa shape index (κ1) is 17.3. The lowest BCUT2D eigenvalue weighted by Crippen LogP contribution is -2.48. The van der Waals surface area contributed by atoms with Crippen LogP contribution in [0.15, 0.2) is 18.2 Å². The molecule has 1 fully saturated rings. The Morgan fingerprint density at radius 3 is 2.74 bits per heavy atom. The molecule has 0 saturated carbocycles. The van der Waals surface area contributed by atoms with Crippen LogP contribution >= 0.6 is 0 Å². The fourth-order valence-corrected chi connectivity index (χ4v) is 3.50. The smallest absolute Gasteiger partial charge is 0.326 e. The van der Waals surface area contributed by atoms with Gasteiger partial charge in [0, 0.05) is 12.6 Å². The van der Waals surface area contributed by atoms with Crippen molar-refractivity contribution in [1.29, 1.82) is 0 Å². The van der Waals surface area contributed by atoms with Crippen LogP contribution in [-0.4, -0.2) is 62.7 Å². The average molecular weight is 372 g/mol. The summed E-state index contributed by atoms with van der Waals surface area (Å²) >= 11 is 0. The number of benzene rings is 1. The lowest BCUT2D eigenvalue weighted by atomic mass is 10.0. The predicted molar refractivity (Wildman–Crippen MR) is 93.4 cm³/mol. The van der Waals surface area contributed by atoms with Crippen molar-refractivity contribution in [1.82, 2.24) is 19.9 Å². The Labute approximate surface area is 155 Å². The highest BCUT2D eigenvalue weighted by molar-refractivity contribution is 5.96. The number of piperidine rings is 1. The molecule has 9 heteroatoms. The standard InChI is InChI=1S/C18H20N4O5/c1-11-16(17(23)21-7-3-2-4-13(21)18(24)25)19-20-22(11)12-5-6-14-15(10-12)27-9-8-26-14/h5-6,10,13H,2-4,7-9H2,1H3,(H,24,25)/t13-/m0/s1. The van der Waals surface area contributed by atoms with E-state index in [1.54, 1.807) is 23.7 Å². The summed E-state index contributed by atoms with van der Waals surface area (Å²) in [6.45, 7) is 3.13. The van der Waals surface area contributed by atoms with Gasteiger partial charge in [0.05, 0.1) is 11.4 Å². The van der Waals surface area contributed by atoms with Crippen LogP contribution in [0.4, 0.5) is 0 Å². The van der Waals surface area contributed by atoms with Gasteiger partial charge in [-0.15, -0.1) is 5.10 Å². The van der Waals surface area contributed by atoms with Crippen molar-refractivity contribution in [2.24, 2.45) is 0 Å². The normalized spacial score (nSPS) is 19.0. The van der Waals surface area contributed by atoms with Gasteiger partial charge in [-0.2, -0.15) is 0 Å². The number of carboxylic acid groups (broad SMARTS) is 1. The molecule has 0 bridgehead atoms. The summed E-state index contributed by atoms with van der Waals surface area (Å²) in [6.07, 6.45) is 2.03. The Balaban J connectivity index is 1.64. The number of aromatic nitrogens is 3. The largest absolute Gasteiger partial charge is 0.486 e. The summed E-state index contributed by atoms with van der Waals surface area (Å²) in [5.41, 5.74) is 1.40. The zero-order valence-corrected chi connectivity index (χ0v) is 14.9. The van der Waals surface area contributed by atoms with Gasteiger partial charge in [-0.1, -0.05) is 5.21 Å². The minimum atomic E-state index is -0.986. The number of hydrogen-bond acceptors (Lipinski definition) is 6. The van der Waals surface area contributed by atoms with Crippen molar-refractivity contribution in [3.05, 3.63) is 29.6 Å². The van der Waals surface area contributed by atoms with Crippen molar-refractivity contribution >= 4 is 11.9 Å². The molecule has 9 nitrogen and oxygen atoms in total. The van der Waals surface area contributed by atoms with Crippen LogP contribution in [0, 0.1) is 6.92 Å². The Morgan fingerprint density at radius 2 is 1.96 bits per heavy atom. The maximum absolute atomic E-state index is 12.9. The third-order valence-electron chi connectivity index (χ3n) is 4.92. The van der Waals surface area contributed by atoms with Crippen LogP contribution in [0.2, 0.25) is 0 Å². The molecular weight excluding hydrogens is 352 g/mol. The Kier molecular flexibility index (Phi) is 4.43. The van der Waals surface area contributed by atoms with Crippen molar-refractivity contribution in [3.8, 4) is 17.2 Å². The number of fused-ring (bicyclic) bond motifs is 1. The third-order valence-corrected chi connectivity index (χ3v) is 4.92. The summed E-state index contributed by atoms with van der Waals surface area (Å²) in [6, 6.07) is 4.57. The molecule has 1 aromatic heterocycles. The first-order valence-corrected chi connectivity index (χ1v) is 8.92. The summed E-state index contributed by atoms with van der Waals surface area (Å²) in [4.78, 5) is 25.8. The number of amides is 1. The average Bonchev–Trinajstić information content (AvgIpc) is 3.08. The van der Waals surface area contributed by atoms with E-state index in [0.717, 1.165) is 12.8 Å². The van der Waals surface area contributed by atoms with E-state index in [1.165, 1.54) is 4.90 Å². The summed E-state index contributed by atoms with van der Waals surface area (Å²) in [7, 11) is 0. The SMILES string of the molecule is Cc1c(C(=O)N2CCCC[C@H]2C(=O)O)nnn1-c1ccc2c(c1)OCCO2. The van der Waals surface area contributed by atoms with Crippen LogP contribution in [0.25, 0.3) is 5.69 Å². The predicted octanol–water partition coefficient (Wildman–Crippen LogP) is 1.43. The maximum Gasteiger partial charge on any atom is 0.326 e. The highest BCUT2D eigenvalue weighted by Gasteiger charge is 2.34. The molecule has 1 amide bonds. The van der Waals surface area contributed by atoms with Crippen molar-refractivity contribution in [2.75, 3.05) is 19.8 Å². The van der Waals surface area contributed by atoms with Gasteiger partial charge < -0.3 is 19.5 Å². The van der Waals surface area contributed by atoms with Crippen LogP contribution in [-0.2, 0) is 4.79 Å². The van der Waals surface area contributed by atoms with Gasteiger partial charge in [0.15, 0.2) is 17.2 Å². The van der Waals surface area contributed by atoms with E-state index in [2.05, 4.69) is 10.3 Å². The van der Waals surface area contributed by atoms with Gasteiger partial charge in [-0.3, -0.25) is 4.79 Å². The molecule has 2 aliphatic heterocycles. The van der Waals surface area contributed by atoms with E-state index in [1.807, 2.05) is 6.07 Å². The van der Waals surface area contributed by atoms with E-state index in [4.69, 9.17) is 9.47 Å². The van der Waals surface area contributed by atoms with Gasteiger partial charge in [0.1, 0.15) is 19.3 Å². The molecule has 0 unspecified atom stereocenters. The molecule has 2 aliphatic rings. The van der Waals surface area contributed by atoms with Gasteiger partial charge in [0.2, 0.25) is 0 Å². The van der Waals surface area contributed by atoms with Crippen LogP contribution in [0.5, 0.6) is 11.5 Å². The molecule has 0 aliphatic carbocycles. The van der Waals surface area contributed by atoms with Crippen molar-refractivity contribution in [3.63, 3.8) is 0 Å². The number of carbonyl (C=O) groups excluding carboxylic acids is 1. The zero-order chi connectivity index (χ0) is 19.0. The molecule has 1 aromatic carbocycles. The highest BCUT2D eigenvalue weighted by Crippen LogP contribution is 2.32. The molecule has 142 valence electrons. The highest BCUT2D eigenvalue weighted by atomic mass is 16.6. The number of rotatable bonds is 3. The molecule has 1 N–H and O–H groups in total. The number of hydrogen-bond donors (Lipinski definition) is 1. The van der Waals surface area contributed by atoms with Gasteiger partial charge >= 0.3 is 5.97 Å². The van der Waals surface area contributed by atoms with E-state index in [9.17, 15) is 14.7 Å². The maximum atomic E-state index is 12.9. The molecule has 1 atom stereocenters. The summed E-state index contributed by atoms with van der Waals surface area (Å²) in [5, 5.41) is 17.5. The first-order chi connectivity index (χ1) is 13.1. The second-order valence-electron chi connectivity index (χ2n) is 6.61. The molecule has 0 radical (unpaired) electrons. The zero-order valence-electron chi connectivity index (χ0n) is 14.9. The molecular formula is C18H20N4O5. The van der Waals surface area contributed by atoms with E-state index < -0.39 is 17.9 Å². The Bertz CT molecular complexity index is 894. The van der Waals surface area contributed by atoms with Crippen LogP contribution in [0.1, 0.15) is 35.4 Å². The molecule has 4 rings (SSSR count). The first-order valence-electron chi connectivity index (χ1n) is 8.92. The van der Waals surface area contributed by atoms with Gasteiger partial charge in [-0.05, 0) is 38.3 Å². The summed E-state index contributed by atoms with van der Waals surface area (Å²) < 4.78 is 12.7.